The predicted octanol–water partition coefficient (Wildman–Crippen LogP) is 2.20. The minimum absolute atomic E-state index is 0.168. The molecule has 0 saturated carbocycles. The molecule has 1 fully saturated rings. The lowest BCUT2D eigenvalue weighted by molar-refractivity contribution is -0.120. The highest BCUT2D eigenvalue weighted by atomic mass is 32.2. The maximum atomic E-state index is 11.9. The number of aryl methyl sites for hydroxylation is 2. The first-order chi connectivity index (χ1) is 11.1. The first-order valence-electron chi connectivity index (χ1n) is 8.55. The molecule has 23 heavy (non-hydrogen) atoms. The third-order valence-electron chi connectivity index (χ3n) is 4.26. The number of amides is 1. The van der Waals surface area contributed by atoms with Crippen LogP contribution in [0.2, 0.25) is 0 Å². The number of nitrogens with zero attached hydrogens (tertiary/aromatic N) is 1. The van der Waals surface area contributed by atoms with Crippen LogP contribution in [-0.2, 0) is 4.79 Å². The van der Waals surface area contributed by atoms with E-state index in [0.29, 0.717) is 6.42 Å². The molecule has 0 radical (unpaired) electrons. The van der Waals surface area contributed by atoms with E-state index in [9.17, 15) is 4.79 Å². The second-order valence-corrected chi connectivity index (χ2v) is 7.31. The summed E-state index contributed by atoms with van der Waals surface area (Å²) in [6.07, 6.45) is 1.63. The molecule has 1 aliphatic rings. The van der Waals surface area contributed by atoms with Gasteiger partial charge in [0.05, 0.1) is 0 Å². The maximum absolute atomic E-state index is 11.9. The Morgan fingerprint density at radius 1 is 1.26 bits per heavy atom. The smallest absolute Gasteiger partial charge is 0.220 e. The number of carbonyl (C=O) groups is 1. The molecule has 4 nitrogen and oxygen atoms in total. The number of thioether (sulfide) groups is 1. The lowest BCUT2D eigenvalue weighted by Gasteiger charge is -2.27. The number of carbonyl (C=O) groups excluding carboxylic acids is 1. The van der Waals surface area contributed by atoms with E-state index in [1.807, 2.05) is 0 Å². The highest BCUT2D eigenvalue weighted by Crippen LogP contribution is 2.21. The Bertz CT molecular complexity index is 501. The lowest BCUT2D eigenvalue weighted by atomic mass is 10.1. The van der Waals surface area contributed by atoms with Crippen LogP contribution in [0.3, 0.4) is 0 Å². The van der Waals surface area contributed by atoms with Crippen molar-refractivity contribution in [3.8, 4) is 0 Å². The molecule has 0 aromatic heterocycles. The van der Waals surface area contributed by atoms with E-state index in [-0.39, 0.29) is 5.91 Å². The van der Waals surface area contributed by atoms with Crippen LogP contribution in [0, 0.1) is 13.8 Å². The molecule has 0 atom stereocenters. The molecular formula is C18H29N3OS. The Labute approximate surface area is 144 Å². The molecule has 1 heterocycles. The normalized spacial score (nSPS) is 15.6. The summed E-state index contributed by atoms with van der Waals surface area (Å²) in [6, 6.07) is 6.48. The number of hydrogen-bond donors (Lipinski definition) is 2. The van der Waals surface area contributed by atoms with Gasteiger partial charge in [-0.15, -0.1) is 11.8 Å². The summed E-state index contributed by atoms with van der Waals surface area (Å²) in [5.74, 6) is 1.01. The van der Waals surface area contributed by atoms with Gasteiger partial charge in [0.2, 0.25) is 5.91 Å². The van der Waals surface area contributed by atoms with Crippen molar-refractivity contribution < 1.29 is 4.79 Å². The molecule has 0 spiro atoms. The summed E-state index contributed by atoms with van der Waals surface area (Å²) in [7, 11) is 0. The van der Waals surface area contributed by atoms with Gasteiger partial charge >= 0.3 is 0 Å². The van der Waals surface area contributed by atoms with Gasteiger partial charge in [-0.3, -0.25) is 4.79 Å². The molecule has 5 heteroatoms. The Hall–Kier alpha value is -1.04. The average molecular weight is 336 g/mol. The van der Waals surface area contributed by atoms with Crippen molar-refractivity contribution in [2.24, 2.45) is 0 Å². The zero-order valence-corrected chi connectivity index (χ0v) is 15.2. The van der Waals surface area contributed by atoms with Crippen LogP contribution in [0.5, 0.6) is 0 Å². The van der Waals surface area contributed by atoms with Gasteiger partial charge in [0.15, 0.2) is 0 Å². The highest BCUT2D eigenvalue weighted by Gasteiger charge is 2.08. The van der Waals surface area contributed by atoms with E-state index in [1.54, 1.807) is 11.8 Å². The fourth-order valence-corrected chi connectivity index (χ4v) is 3.57. The Kier molecular flexibility index (Phi) is 7.92. The van der Waals surface area contributed by atoms with Crippen LogP contribution < -0.4 is 10.6 Å². The summed E-state index contributed by atoms with van der Waals surface area (Å²) < 4.78 is 0. The summed E-state index contributed by atoms with van der Waals surface area (Å²) in [5, 5.41) is 6.39. The number of nitrogens with one attached hydrogen (secondary N) is 2. The summed E-state index contributed by atoms with van der Waals surface area (Å²) in [6.45, 7) is 10.5. The molecule has 1 aliphatic heterocycles. The van der Waals surface area contributed by atoms with Crippen molar-refractivity contribution in [3.63, 3.8) is 0 Å². The van der Waals surface area contributed by atoms with Crippen molar-refractivity contribution in [2.45, 2.75) is 31.6 Å². The van der Waals surface area contributed by atoms with Gasteiger partial charge < -0.3 is 15.5 Å². The molecule has 1 aromatic carbocycles. The molecule has 128 valence electrons. The Morgan fingerprint density at radius 2 is 2.04 bits per heavy atom. The molecule has 1 amide bonds. The van der Waals surface area contributed by atoms with Gasteiger partial charge in [0, 0.05) is 49.8 Å². The molecule has 0 aliphatic carbocycles. The lowest BCUT2D eigenvalue weighted by Crippen LogP contribution is -2.44. The zero-order chi connectivity index (χ0) is 16.5. The quantitative estimate of drug-likeness (QED) is 0.565. The molecule has 2 rings (SSSR count). The summed E-state index contributed by atoms with van der Waals surface area (Å²) in [5.41, 5.74) is 2.63. The number of hydrogen-bond acceptors (Lipinski definition) is 4. The largest absolute Gasteiger partial charge is 0.356 e. The van der Waals surface area contributed by atoms with Gasteiger partial charge in [-0.05, 0) is 50.1 Å². The van der Waals surface area contributed by atoms with Gasteiger partial charge in [0.1, 0.15) is 0 Å². The van der Waals surface area contributed by atoms with Crippen LogP contribution in [0.1, 0.15) is 24.0 Å². The second kappa shape index (κ2) is 9.96. The summed E-state index contributed by atoms with van der Waals surface area (Å²) in [4.78, 5) is 15.6. The van der Waals surface area contributed by atoms with E-state index < -0.39 is 0 Å². The van der Waals surface area contributed by atoms with Crippen LogP contribution in [-0.4, -0.2) is 55.8 Å². The minimum atomic E-state index is 0.168. The van der Waals surface area contributed by atoms with E-state index >= 15 is 0 Å². The van der Waals surface area contributed by atoms with E-state index in [0.717, 1.165) is 51.4 Å². The van der Waals surface area contributed by atoms with Gasteiger partial charge in [-0.2, -0.15) is 0 Å². The Morgan fingerprint density at radius 3 is 2.78 bits per heavy atom. The number of rotatable bonds is 8. The molecule has 1 saturated heterocycles. The maximum Gasteiger partial charge on any atom is 0.220 e. The molecule has 1 aromatic rings. The van der Waals surface area contributed by atoms with E-state index in [4.69, 9.17) is 0 Å². The minimum Gasteiger partial charge on any atom is -0.356 e. The van der Waals surface area contributed by atoms with Gasteiger partial charge in [-0.25, -0.2) is 0 Å². The number of benzene rings is 1. The predicted molar refractivity (Wildman–Crippen MR) is 98.2 cm³/mol. The molecular weight excluding hydrogens is 306 g/mol. The fraction of sp³-hybridized carbons (Fsp3) is 0.611. The molecule has 0 bridgehead atoms. The zero-order valence-electron chi connectivity index (χ0n) is 14.4. The van der Waals surface area contributed by atoms with E-state index in [1.165, 1.54) is 16.0 Å². The molecule has 0 unspecified atom stereocenters. The van der Waals surface area contributed by atoms with Crippen molar-refractivity contribution in [1.82, 2.24) is 15.5 Å². The standard InChI is InChI=1S/C18H29N3OS/c1-15-4-5-17(14-16(15)2)23-13-6-18(22)20-7-3-10-21-11-8-19-9-12-21/h4-5,14,19H,3,6-13H2,1-2H3,(H,20,22). The Balaban J connectivity index is 1.53. The first-order valence-corrected chi connectivity index (χ1v) is 9.53. The van der Waals surface area contributed by atoms with Gasteiger partial charge in [0.25, 0.3) is 0 Å². The molecule has 2 N–H and O–H groups in total. The number of piperazine rings is 1. The van der Waals surface area contributed by atoms with Crippen molar-refractivity contribution in [3.05, 3.63) is 29.3 Å². The van der Waals surface area contributed by atoms with Crippen molar-refractivity contribution in [1.29, 1.82) is 0 Å². The SMILES string of the molecule is Cc1ccc(SCCC(=O)NCCCN2CCNCC2)cc1C. The average Bonchev–Trinajstić information content (AvgIpc) is 2.56. The van der Waals surface area contributed by atoms with Crippen LogP contribution >= 0.6 is 11.8 Å². The summed E-state index contributed by atoms with van der Waals surface area (Å²) >= 11 is 1.76. The van der Waals surface area contributed by atoms with Gasteiger partial charge in [-0.1, -0.05) is 6.07 Å². The topological polar surface area (TPSA) is 44.4 Å². The third-order valence-corrected chi connectivity index (χ3v) is 5.25. The van der Waals surface area contributed by atoms with Crippen LogP contribution in [0.15, 0.2) is 23.1 Å². The monoisotopic (exact) mass is 335 g/mol. The van der Waals surface area contributed by atoms with E-state index in [2.05, 4.69) is 47.6 Å². The van der Waals surface area contributed by atoms with Crippen molar-refractivity contribution in [2.75, 3.05) is 45.0 Å². The van der Waals surface area contributed by atoms with Crippen LogP contribution in [0.25, 0.3) is 0 Å². The van der Waals surface area contributed by atoms with Crippen LogP contribution in [0.4, 0.5) is 0 Å². The van der Waals surface area contributed by atoms with Crippen molar-refractivity contribution >= 4 is 17.7 Å². The highest BCUT2D eigenvalue weighted by molar-refractivity contribution is 7.99. The first kappa shape index (κ1) is 18.3. The third kappa shape index (κ3) is 6.94. The second-order valence-electron chi connectivity index (χ2n) is 6.14. The fourth-order valence-electron chi connectivity index (χ4n) is 2.62.